The van der Waals surface area contributed by atoms with Crippen LogP contribution in [0.1, 0.15) is 31.2 Å². The second-order valence-electron chi connectivity index (χ2n) is 6.38. The summed E-state index contributed by atoms with van der Waals surface area (Å²) in [5, 5.41) is 12.0. The molecule has 0 aliphatic carbocycles. The molecule has 4 aromatic rings. The van der Waals surface area contributed by atoms with Crippen LogP contribution >= 0.6 is 22.7 Å². The molecule has 2 heterocycles. The molecule has 4 rings (SSSR count). The van der Waals surface area contributed by atoms with Gasteiger partial charge in [0.15, 0.2) is 0 Å². The van der Waals surface area contributed by atoms with Gasteiger partial charge in [0.1, 0.15) is 6.29 Å². The van der Waals surface area contributed by atoms with Gasteiger partial charge in [-0.05, 0) is 36.2 Å². The van der Waals surface area contributed by atoms with Gasteiger partial charge in [-0.15, -0.1) is 22.7 Å². The molecular weight excluding hydrogens is 384 g/mol. The van der Waals surface area contributed by atoms with Gasteiger partial charge in [-0.2, -0.15) is 5.26 Å². The van der Waals surface area contributed by atoms with Gasteiger partial charge in [0.05, 0.1) is 18.2 Å². The number of fused-ring (bicyclic) bond motifs is 2. The lowest BCUT2D eigenvalue weighted by molar-refractivity contribution is 0.112. The minimum atomic E-state index is 0.389. The van der Waals surface area contributed by atoms with E-state index in [1.165, 1.54) is 0 Å². The van der Waals surface area contributed by atoms with Gasteiger partial charge >= 0.3 is 0 Å². The maximum Gasteiger partial charge on any atom is 0.214 e. The number of aryl methyl sites for hydroxylation is 2. The van der Waals surface area contributed by atoms with E-state index in [1.807, 2.05) is 50.2 Å². The smallest absolute Gasteiger partial charge is 0.214 e. The Labute approximate surface area is 170 Å². The highest BCUT2D eigenvalue weighted by molar-refractivity contribution is 7.19. The first-order valence-electron chi connectivity index (χ1n) is 8.58. The minimum absolute atomic E-state index is 0.389. The molecule has 3 nitrogen and oxygen atoms in total. The number of rotatable bonds is 3. The summed E-state index contributed by atoms with van der Waals surface area (Å²) in [5.41, 5.74) is 3.02. The molecule has 28 heavy (non-hydrogen) atoms. The standard InChI is InChI=1S/C23H14N2OS2/c1-13-21(17-9-8-15(12-26)10-20(17)28-13)18(11-24)23(25-3)22-14(2)27-19-7-5-4-6-16(19)22/h4-10,12H,1-2H3/b23-18+. The van der Waals surface area contributed by atoms with Gasteiger partial charge < -0.3 is 0 Å². The number of allylic oxidation sites excluding steroid dienone is 1. The molecule has 0 unspecified atom stereocenters. The van der Waals surface area contributed by atoms with Crippen molar-refractivity contribution < 1.29 is 4.79 Å². The summed E-state index contributed by atoms with van der Waals surface area (Å²) >= 11 is 3.18. The van der Waals surface area contributed by atoms with Gasteiger partial charge in [-0.1, -0.05) is 30.3 Å². The third-order valence-corrected chi connectivity index (χ3v) is 6.90. The summed E-state index contributed by atoms with van der Waals surface area (Å²) in [7, 11) is 0. The van der Waals surface area contributed by atoms with Gasteiger partial charge in [0.2, 0.25) is 5.70 Å². The van der Waals surface area contributed by atoms with E-state index >= 15 is 0 Å². The van der Waals surface area contributed by atoms with Crippen LogP contribution in [0.5, 0.6) is 0 Å². The van der Waals surface area contributed by atoms with Crippen molar-refractivity contribution in [2.24, 2.45) is 0 Å². The fourth-order valence-corrected chi connectivity index (χ4v) is 5.73. The molecule has 0 aliphatic heterocycles. The first kappa shape index (κ1) is 18.1. The Bertz CT molecular complexity index is 1370. The van der Waals surface area contributed by atoms with Gasteiger partial charge in [0, 0.05) is 36.4 Å². The van der Waals surface area contributed by atoms with Crippen molar-refractivity contribution in [1.29, 1.82) is 5.26 Å². The van der Waals surface area contributed by atoms with E-state index < -0.39 is 0 Å². The largest absolute Gasteiger partial charge is 0.298 e. The van der Waals surface area contributed by atoms with Gasteiger partial charge in [-0.3, -0.25) is 4.79 Å². The molecule has 0 bridgehead atoms. The Hall–Kier alpha value is -3.25. The highest BCUT2D eigenvalue weighted by atomic mass is 32.1. The molecule has 0 fully saturated rings. The summed E-state index contributed by atoms with van der Waals surface area (Å²) < 4.78 is 2.05. The number of hydrogen-bond donors (Lipinski definition) is 0. The lowest BCUT2D eigenvalue weighted by Gasteiger charge is -2.06. The van der Waals surface area contributed by atoms with Crippen molar-refractivity contribution >= 4 is 60.4 Å². The zero-order chi connectivity index (χ0) is 19.8. The Balaban J connectivity index is 2.08. The summed E-state index contributed by atoms with van der Waals surface area (Å²) in [5.74, 6) is 0. The van der Waals surface area contributed by atoms with E-state index in [2.05, 4.69) is 10.9 Å². The highest BCUT2D eigenvalue weighted by Crippen LogP contribution is 2.43. The number of carbonyl (C=O) groups excluding carboxylic acids is 1. The van der Waals surface area contributed by atoms with Crippen LogP contribution in [0.4, 0.5) is 0 Å². The highest BCUT2D eigenvalue weighted by Gasteiger charge is 2.22. The molecule has 0 saturated heterocycles. The zero-order valence-electron chi connectivity index (χ0n) is 15.2. The Morgan fingerprint density at radius 3 is 2.43 bits per heavy atom. The average Bonchev–Trinajstić information content (AvgIpc) is 3.21. The maximum absolute atomic E-state index is 11.1. The zero-order valence-corrected chi connectivity index (χ0v) is 16.9. The molecule has 0 N–H and O–H groups in total. The van der Waals surface area contributed by atoms with Crippen molar-refractivity contribution in [3.8, 4) is 6.07 Å². The van der Waals surface area contributed by atoms with E-state index in [4.69, 9.17) is 6.57 Å². The van der Waals surface area contributed by atoms with Crippen LogP contribution in [0.2, 0.25) is 0 Å². The SMILES string of the molecule is [C-]#[N+]/C(=C(\C#N)c1c(C)sc2cc(C=O)ccc12)c1c(C)sc2ccccc12. The van der Waals surface area contributed by atoms with Crippen molar-refractivity contribution in [1.82, 2.24) is 0 Å². The lowest BCUT2D eigenvalue weighted by Crippen LogP contribution is -1.90. The molecule has 0 atom stereocenters. The summed E-state index contributed by atoms with van der Waals surface area (Å²) in [6.07, 6.45) is 0.820. The van der Waals surface area contributed by atoms with Crippen molar-refractivity contribution in [2.45, 2.75) is 13.8 Å². The number of thiophene rings is 2. The van der Waals surface area contributed by atoms with E-state index in [0.29, 0.717) is 16.8 Å². The van der Waals surface area contributed by atoms with Crippen molar-refractivity contribution in [3.63, 3.8) is 0 Å². The van der Waals surface area contributed by atoms with Crippen LogP contribution in [-0.2, 0) is 0 Å². The molecule has 5 heteroatoms. The third kappa shape index (κ3) is 2.73. The summed E-state index contributed by atoms with van der Waals surface area (Å²) in [6, 6.07) is 15.7. The molecule has 0 saturated carbocycles. The molecule has 0 aliphatic rings. The predicted molar refractivity (Wildman–Crippen MR) is 118 cm³/mol. The number of hydrogen-bond acceptors (Lipinski definition) is 4. The topological polar surface area (TPSA) is 45.2 Å². The summed E-state index contributed by atoms with van der Waals surface area (Å²) in [6.45, 7) is 11.8. The lowest BCUT2D eigenvalue weighted by atomic mass is 9.96. The quantitative estimate of drug-likeness (QED) is 0.215. The van der Waals surface area contributed by atoms with Crippen LogP contribution < -0.4 is 0 Å². The van der Waals surface area contributed by atoms with Gasteiger partial charge in [-0.25, -0.2) is 4.85 Å². The number of nitriles is 1. The van der Waals surface area contributed by atoms with E-state index in [9.17, 15) is 10.1 Å². The second-order valence-corrected chi connectivity index (χ2v) is 8.90. The Kier molecular flexibility index (Phi) is 4.57. The number of aldehydes is 1. The van der Waals surface area contributed by atoms with Crippen molar-refractivity contribution in [3.05, 3.63) is 80.3 Å². The maximum atomic E-state index is 11.1. The number of benzene rings is 2. The van der Waals surface area contributed by atoms with Gasteiger partial charge in [0.25, 0.3) is 0 Å². The molecule has 134 valence electrons. The number of carbonyl (C=O) groups is 1. The Morgan fingerprint density at radius 1 is 1.04 bits per heavy atom. The van der Waals surface area contributed by atoms with Crippen LogP contribution in [0, 0.1) is 31.8 Å². The van der Waals surface area contributed by atoms with E-state index in [0.717, 1.165) is 47.3 Å². The fraction of sp³-hybridized carbons (Fsp3) is 0.0870. The normalized spacial score (nSPS) is 11.9. The Morgan fingerprint density at radius 2 is 1.71 bits per heavy atom. The summed E-state index contributed by atoms with van der Waals surface area (Å²) in [4.78, 5) is 16.9. The van der Waals surface area contributed by atoms with Crippen LogP contribution in [0.25, 0.3) is 36.3 Å². The molecule has 0 amide bonds. The predicted octanol–water partition coefficient (Wildman–Crippen LogP) is 6.86. The molecule has 2 aromatic heterocycles. The second kappa shape index (κ2) is 7.05. The third-order valence-electron chi connectivity index (χ3n) is 4.74. The average molecular weight is 399 g/mol. The molecule has 0 radical (unpaired) electrons. The van der Waals surface area contributed by atoms with Crippen LogP contribution in [0.3, 0.4) is 0 Å². The first-order chi connectivity index (χ1) is 13.6. The fourth-order valence-electron chi connectivity index (χ4n) is 3.55. The van der Waals surface area contributed by atoms with Crippen molar-refractivity contribution in [2.75, 3.05) is 0 Å². The molecular formula is C23H14N2OS2. The minimum Gasteiger partial charge on any atom is -0.298 e. The van der Waals surface area contributed by atoms with Crippen LogP contribution in [-0.4, -0.2) is 6.29 Å². The van der Waals surface area contributed by atoms with Crippen LogP contribution in [0.15, 0.2) is 42.5 Å². The number of nitrogens with zero attached hydrogens (tertiary/aromatic N) is 2. The molecule has 0 spiro atoms. The molecule has 2 aromatic carbocycles. The van der Waals surface area contributed by atoms with E-state index in [1.54, 1.807) is 28.7 Å². The first-order valence-corrected chi connectivity index (χ1v) is 10.2. The monoisotopic (exact) mass is 398 g/mol. The van der Waals surface area contributed by atoms with E-state index in [-0.39, 0.29) is 0 Å².